The summed E-state index contributed by atoms with van der Waals surface area (Å²) in [6, 6.07) is 7.43. The molecule has 30 heavy (non-hydrogen) atoms. The Labute approximate surface area is 177 Å². The van der Waals surface area contributed by atoms with Crippen LogP contribution in [0, 0.1) is 25.6 Å². The van der Waals surface area contributed by atoms with Crippen LogP contribution in [-0.4, -0.2) is 36.2 Å². The predicted octanol–water partition coefficient (Wildman–Crippen LogP) is 4.14. The van der Waals surface area contributed by atoms with Crippen molar-refractivity contribution in [1.29, 1.82) is 0 Å². The number of carbonyl (C=O) groups excluding carboxylic acids is 1. The largest absolute Gasteiger partial charge is 0.372 e. The first-order valence-electron chi connectivity index (χ1n) is 10.8. The topological polar surface area (TPSA) is 54.5 Å². The molecule has 2 heterocycles. The van der Waals surface area contributed by atoms with Gasteiger partial charge in [0.15, 0.2) is 0 Å². The Morgan fingerprint density at radius 2 is 1.77 bits per heavy atom. The van der Waals surface area contributed by atoms with Gasteiger partial charge in [0.1, 0.15) is 5.82 Å². The van der Waals surface area contributed by atoms with Gasteiger partial charge in [0.2, 0.25) is 5.91 Å². The highest BCUT2D eigenvalue weighted by atomic mass is 19.1. The Bertz CT molecular complexity index is 927. The third-order valence-electron chi connectivity index (χ3n) is 5.73. The summed E-state index contributed by atoms with van der Waals surface area (Å²) in [5, 5.41) is 3.05. The normalized spacial score (nSPS) is 21.6. The lowest BCUT2D eigenvalue weighted by atomic mass is 9.97. The van der Waals surface area contributed by atoms with Gasteiger partial charge < -0.3 is 15.0 Å². The number of amides is 1. The third kappa shape index (κ3) is 4.64. The summed E-state index contributed by atoms with van der Waals surface area (Å²) in [6.45, 7) is 9.55. The molecule has 0 unspecified atom stereocenters. The average Bonchev–Trinajstić information content (AvgIpc) is 3.50. The minimum Gasteiger partial charge on any atom is -0.372 e. The highest BCUT2D eigenvalue weighted by Crippen LogP contribution is 2.33. The molecule has 2 aliphatic rings. The predicted molar refractivity (Wildman–Crippen MR) is 116 cm³/mol. The van der Waals surface area contributed by atoms with Gasteiger partial charge in [0.25, 0.3) is 0 Å². The molecule has 2 fully saturated rings. The average molecular weight is 412 g/mol. The maximum absolute atomic E-state index is 15.3. The summed E-state index contributed by atoms with van der Waals surface area (Å²) in [4.78, 5) is 18.7. The van der Waals surface area contributed by atoms with Crippen molar-refractivity contribution in [2.45, 2.75) is 59.3 Å². The zero-order chi connectivity index (χ0) is 21.4. The van der Waals surface area contributed by atoms with E-state index in [0.29, 0.717) is 25.3 Å². The number of anilines is 1. The van der Waals surface area contributed by atoms with Gasteiger partial charge >= 0.3 is 0 Å². The number of halogens is 1. The first kappa shape index (κ1) is 20.8. The van der Waals surface area contributed by atoms with Crippen LogP contribution in [0.2, 0.25) is 0 Å². The fourth-order valence-electron chi connectivity index (χ4n) is 4.30. The number of rotatable bonds is 5. The molecule has 6 heteroatoms. The van der Waals surface area contributed by atoms with Crippen molar-refractivity contribution in [3.63, 3.8) is 0 Å². The fraction of sp³-hybridized carbons (Fsp3) is 0.500. The second-order valence-corrected chi connectivity index (χ2v) is 8.75. The molecule has 2 aromatic rings. The van der Waals surface area contributed by atoms with Crippen molar-refractivity contribution in [3.8, 4) is 11.1 Å². The lowest BCUT2D eigenvalue weighted by Crippen LogP contribution is -2.45. The molecule has 0 spiro atoms. The summed E-state index contributed by atoms with van der Waals surface area (Å²) >= 11 is 0. The van der Waals surface area contributed by atoms with Gasteiger partial charge in [-0.2, -0.15) is 0 Å². The van der Waals surface area contributed by atoms with Crippen LogP contribution in [0.5, 0.6) is 0 Å². The van der Waals surface area contributed by atoms with E-state index in [2.05, 4.69) is 10.3 Å². The number of nitrogens with one attached hydrogen (secondary N) is 1. The van der Waals surface area contributed by atoms with Crippen LogP contribution in [0.15, 0.2) is 24.3 Å². The molecule has 0 radical (unpaired) electrons. The number of ether oxygens (including phenoxy) is 1. The number of hydrogen-bond acceptors (Lipinski definition) is 4. The number of aryl methyl sites for hydroxylation is 2. The van der Waals surface area contributed by atoms with E-state index >= 15 is 4.39 Å². The monoisotopic (exact) mass is 411 g/mol. The number of benzene rings is 1. The van der Waals surface area contributed by atoms with Crippen LogP contribution in [0.4, 0.5) is 10.1 Å². The van der Waals surface area contributed by atoms with E-state index in [4.69, 9.17) is 4.74 Å². The Morgan fingerprint density at radius 3 is 2.37 bits per heavy atom. The molecule has 1 aliphatic heterocycles. The molecule has 1 amide bonds. The summed E-state index contributed by atoms with van der Waals surface area (Å²) in [6.07, 6.45) is 1.99. The number of pyridine rings is 1. The molecular formula is C24H30FN3O2. The summed E-state index contributed by atoms with van der Waals surface area (Å²) in [7, 11) is 0. The maximum Gasteiger partial charge on any atom is 0.223 e. The second kappa shape index (κ2) is 8.34. The molecule has 2 atom stereocenters. The van der Waals surface area contributed by atoms with E-state index < -0.39 is 0 Å². The van der Waals surface area contributed by atoms with Crippen LogP contribution < -0.4 is 10.2 Å². The molecule has 5 nitrogen and oxygen atoms in total. The zero-order valence-corrected chi connectivity index (χ0v) is 18.2. The molecule has 1 saturated carbocycles. The van der Waals surface area contributed by atoms with Gasteiger partial charge in [0.05, 0.1) is 17.9 Å². The lowest BCUT2D eigenvalue weighted by molar-refractivity contribution is -0.122. The molecule has 1 aromatic carbocycles. The van der Waals surface area contributed by atoms with E-state index in [9.17, 15) is 4.79 Å². The van der Waals surface area contributed by atoms with Crippen molar-refractivity contribution in [2.75, 3.05) is 18.0 Å². The lowest BCUT2D eigenvalue weighted by Gasteiger charge is -2.37. The SMILES string of the molecule is Cc1cc(-c2cc(F)c(N3C[C@@H](C)O[C@@H](C)C3)cc2CNC(=O)C2CC2)cc(C)n1. The number of hydrogen-bond donors (Lipinski definition) is 1. The fourth-order valence-corrected chi connectivity index (χ4v) is 4.30. The molecule has 160 valence electrons. The Morgan fingerprint density at radius 1 is 1.13 bits per heavy atom. The Hall–Kier alpha value is -2.47. The van der Waals surface area contributed by atoms with Crippen molar-refractivity contribution in [2.24, 2.45) is 5.92 Å². The smallest absolute Gasteiger partial charge is 0.223 e. The molecule has 1 aliphatic carbocycles. The van der Waals surface area contributed by atoms with Gasteiger partial charge in [-0.25, -0.2) is 4.39 Å². The number of aromatic nitrogens is 1. The Kier molecular flexibility index (Phi) is 5.78. The first-order valence-corrected chi connectivity index (χ1v) is 10.8. The summed E-state index contributed by atoms with van der Waals surface area (Å²) < 4.78 is 21.1. The highest BCUT2D eigenvalue weighted by Gasteiger charge is 2.30. The number of nitrogens with zero attached hydrogens (tertiary/aromatic N) is 2. The molecule has 0 bridgehead atoms. The van der Waals surface area contributed by atoms with Gasteiger partial charge in [-0.1, -0.05) is 0 Å². The maximum atomic E-state index is 15.3. The molecule has 1 aromatic heterocycles. The zero-order valence-electron chi connectivity index (χ0n) is 18.2. The minimum absolute atomic E-state index is 0.0383. The van der Waals surface area contributed by atoms with E-state index in [1.165, 1.54) is 0 Å². The molecule has 1 saturated heterocycles. The second-order valence-electron chi connectivity index (χ2n) is 8.75. The number of carbonyl (C=O) groups is 1. The van der Waals surface area contributed by atoms with E-state index in [0.717, 1.165) is 40.9 Å². The van der Waals surface area contributed by atoms with Crippen molar-refractivity contribution >= 4 is 11.6 Å². The van der Waals surface area contributed by atoms with Crippen molar-refractivity contribution in [3.05, 3.63) is 47.0 Å². The standard InChI is InChI=1S/C24H30FN3O2/c1-14-7-19(8-15(2)27-14)21-10-22(25)23(28-12-16(3)30-17(4)13-28)9-20(21)11-26-24(29)18-5-6-18/h7-10,16-18H,5-6,11-13H2,1-4H3,(H,26,29)/t16-,17+. The van der Waals surface area contributed by atoms with Gasteiger partial charge in [-0.15, -0.1) is 0 Å². The van der Waals surface area contributed by atoms with Crippen LogP contribution >= 0.6 is 0 Å². The van der Waals surface area contributed by atoms with Crippen molar-refractivity contribution in [1.82, 2.24) is 10.3 Å². The number of morpholine rings is 1. The quantitative estimate of drug-likeness (QED) is 0.803. The highest BCUT2D eigenvalue weighted by molar-refractivity contribution is 5.81. The van der Waals surface area contributed by atoms with E-state index in [1.54, 1.807) is 6.07 Å². The Balaban J connectivity index is 1.72. The van der Waals surface area contributed by atoms with Crippen LogP contribution in [-0.2, 0) is 16.1 Å². The molecular weight excluding hydrogens is 381 g/mol. The van der Waals surface area contributed by atoms with Crippen LogP contribution in [0.3, 0.4) is 0 Å². The molecule has 4 rings (SSSR count). The first-order chi connectivity index (χ1) is 14.3. The van der Waals surface area contributed by atoms with Gasteiger partial charge in [0, 0.05) is 36.9 Å². The van der Waals surface area contributed by atoms with Crippen LogP contribution in [0.1, 0.15) is 43.6 Å². The van der Waals surface area contributed by atoms with E-state index in [1.807, 2.05) is 50.8 Å². The van der Waals surface area contributed by atoms with Gasteiger partial charge in [-0.3, -0.25) is 9.78 Å². The van der Waals surface area contributed by atoms with E-state index in [-0.39, 0.29) is 29.9 Å². The summed E-state index contributed by atoms with van der Waals surface area (Å²) in [5.74, 6) is -0.0297. The third-order valence-corrected chi connectivity index (χ3v) is 5.73. The van der Waals surface area contributed by atoms with Crippen LogP contribution in [0.25, 0.3) is 11.1 Å². The summed E-state index contributed by atoms with van der Waals surface area (Å²) in [5.41, 5.74) is 4.98. The van der Waals surface area contributed by atoms with Gasteiger partial charge in [-0.05, 0) is 81.5 Å². The molecule has 1 N–H and O–H groups in total. The minimum atomic E-state index is -0.254. The van der Waals surface area contributed by atoms with Crippen molar-refractivity contribution < 1.29 is 13.9 Å².